The first kappa shape index (κ1) is 38.9. The lowest BCUT2D eigenvalue weighted by atomic mass is 9.98. The summed E-state index contributed by atoms with van der Waals surface area (Å²) in [5, 5.41) is 36.0. The molecule has 19 nitrogen and oxygen atoms in total. The maximum absolute atomic E-state index is 12.5. The minimum absolute atomic E-state index is 0.0415. The first-order chi connectivity index (χ1) is 25.0. The number of tetrazole rings is 1. The Hall–Kier alpha value is -5.85. The lowest BCUT2D eigenvalue weighted by Crippen LogP contribution is -2.33. The molecule has 4 aromatic rings. The van der Waals surface area contributed by atoms with Crippen LogP contribution in [0, 0.1) is 20.2 Å². The molecule has 0 fully saturated rings. The number of alkyl carbamates (subject to hydrolysis) is 1. The third-order valence-electron chi connectivity index (χ3n) is 7.84. The van der Waals surface area contributed by atoms with Crippen molar-refractivity contribution in [2.45, 2.75) is 77.7 Å². The highest BCUT2D eigenvalue weighted by atomic mass is 35.5. The Morgan fingerprint density at radius 3 is 2.40 bits per heavy atom. The molecule has 2 aromatic carbocycles. The number of carbonyl (C=O) groups excluding carboxylic acids is 2. The highest BCUT2D eigenvalue weighted by Crippen LogP contribution is 2.30. The molecular weight excluding hydrogens is 706 g/mol. The molecule has 2 unspecified atom stereocenters. The molecule has 52 heavy (non-hydrogen) atoms. The van der Waals surface area contributed by atoms with E-state index in [0.717, 1.165) is 40.9 Å². The summed E-state index contributed by atoms with van der Waals surface area (Å²) in [6, 6.07) is 15.7. The van der Waals surface area contributed by atoms with E-state index < -0.39 is 41.0 Å². The molecule has 1 amide bonds. The van der Waals surface area contributed by atoms with Crippen molar-refractivity contribution in [2.75, 3.05) is 13.2 Å². The summed E-state index contributed by atoms with van der Waals surface area (Å²) in [7, 11) is 0. The number of amides is 1. The van der Waals surface area contributed by atoms with E-state index in [-0.39, 0.29) is 37.6 Å². The second kappa shape index (κ2) is 19.5. The average Bonchev–Trinajstić information content (AvgIpc) is 3.76. The molecule has 20 heteroatoms. The van der Waals surface area contributed by atoms with E-state index in [9.17, 15) is 29.8 Å². The zero-order valence-electron chi connectivity index (χ0n) is 28.4. The van der Waals surface area contributed by atoms with Crippen LogP contribution in [-0.4, -0.2) is 77.8 Å². The predicted octanol–water partition coefficient (Wildman–Crippen LogP) is 4.89. The fourth-order valence-corrected chi connectivity index (χ4v) is 5.49. The SMILES string of the molecule is CCCCc1nc(Cl)c(COC(=O)NCC(=O)OCCCCC(O[N+](=O)[O-])C(C)O[N+](=O)[O-])n1Cc1ccc(-c2ccccc2-c2nn[nH]n2)cc1. The van der Waals surface area contributed by atoms with E-state index in [2.05, 4.69) is 47.5 Å². The summed E-state index contributed by atoms with van der Waals surface area (Å²) < 4.78 is 12.4. The fraction of sp³-hybridized carbons (Fsp3) is 0.438. The van der Waals surface area contributed by atoms with Gasteiger partial charge in [-0.3, -0.25) is 4.79 Å². The largest absolute Gasteiger partial charge is 0.464 e. The summed E-state index contributed by atoms with van der Waals surface area (Å²) in [6.45, 7) is 3.01. The zero-order valence-corrected chi connectivity index (χ0v) is 29.2. The van der Waals surface area contributed by atoms with Crippen LogP contribution in [0.25, 0.3) is 22.5 Å². The van der Waals surface area contributed by atoms with Crippen molar-refractivity contribution in [3.63, 3.8) is 0 Å². The molecule has 278 valence electrons. The number of carbonyl (C=O) groups is 2. The highest BCUT2D eigenvalue weighted by Gasteiger charge is 2.24. The number of unbranched alkanes of at least 4 members (excludes halogenated alkanes) is 2. The van der Waals surface area contributed by atoms with E-state index >= 15 is 0 Å². The van der Waals surface area contributed by atoms with Crippen LogP contribution in [0.5, 0.6) is 0 Å². The van der Waals surface area contributed by atoms with Gasteiger partial charge in [0.2, 0.25) is 5.82 Å². The molecule has 0 spiro atoms. The maximum Gasteiger partial charge on any atom is 0.408 e. The van der Waals surface area contributed by atoms with Crippen molar-refractivity contribution in [1.29, 1.82) is 0 Å². The number of aromatic nitrogens is 6. The van der Waals surface area contributed by atoms with Crippen molar-refractivity contribution in [3.05, 3.63) is 91.0 Å². The van der Waals surface area contributed by atoms with Gasteiger partial charge in [0.05, 0.1) is 12.3 Å². The topological polar surface area (TPSA) is 242 Å². The van der Waals surface area contributed by atoms with Gasteiger partial charge in [0, 0.05) is 18.5 Å². The Morgan fingerprint density at radius 1 is 1.00 bits per heavy atom. The number of hydrogen-bond acceptors (Lipinski definition) is 14. The molecule has 0 aliphatic rings. The smallest absolute Gasteiger partial charge is 0.408 e. The van der Waals surface area contributed by atoms with Gasteiger partial charge >= 0.3 is 12.1 Å². The normalized spacial score (nSPS) is 12.1. The molecule has 0 saturated heterocycles. The summed E-state index contributed by atoms with van der Waals surface area (Å²) >= 11 is 6.53. The van der Waals surface area contributed by atoms with E-state index in [1.807, 2.05) is 53.1 Å². The number of aromatic amines is 1. The van der Waals surface area contributed by atoms with E-state index in [4.69, 9.17) is 21.1 Å². The molecule has 0 saturated carbocycles. The number of rotatable bonds is 21. The minimum atomic E-state index is -1.18. The zero-order chi connectivity index (χ0) is 37.5. The van der Waals surface area contributed by atoms with Gasteiger partial charge in [0.25, 0.3) is 10.2 Å². The van der Waals surface area contributed by atoms with Crippen molar-refractivity contribution < 1.29 is 38.9 Å². The standard InChI is InChI=1S/C32H38ClN9O10/c1-3-4-12-28-35-30(33)26(40(28)19-22-13-15-23(16-14-22)24-9-5-6-10-25(24)31-36-38-39-37-31)20-50-32(44)34-18-29(43)49-17-8-7-11-27(52-42(47)48)21(2)51-41(45)46/h5-6,9-10,13-16,21,27H,3-4,7-8,11-12,17-20H2,1-2H3,(H,34,44)(H,36,37,38,39). The highest BCUT2D eigenvalue weighted by molar-refractivity contribution is 6.30. The van der Waals surface area contributed by atoms with E-state index in [0.29, 0.717) is 24.5 Å². The van der Waals surface area contributed by atoms with Crippen LogP contribution in [-0.2, 0) is 43.5 Å². The first-order valence-corrected chi connectivity index (χ1v) is 16.8. The van der Waals surface area contributed by atoms with Crippen LogP contribution in [0.4, 0.5) is 4.79 Å². The number of benzene rings is 2. The maximum atomic E-state index is 12.5. The third kappa shape index (κ3) is 11.6. The van der Waals surface area contributed by atoms with Crippen LogP contribution in [0.3, 0.4) is 0 Å². The molecule has 2 N–H and O–H groups in total. The molecule has 0 radical (unpaired) electrons. The number of H-pyrrole nitrogens is 1. The molecule has 2 aromatic heterocycles. The molecule has 2 atom stereocenters. The second-order valence-electron chi connectivity index (χ2n) is 11.5. The minimum Gasteiger partial charge on any atom is -0.464 e. The quantitative estimate of drug-likeness (QED) is 0.0500. The summed E-state index contributed by atoms with van der Waals surface area (Å²) in [5.41, 5.74) is 4.20. The first-order valence-electron chi connectivity index (χ1n) is 16.4. The second-order valence-corrected chi connectivity index (χ2v) is 11.8. The monoisotopic (exact) mass is 743 g/mol. The van der Waals surface area contributed by atoms with Gasteiger partial charge < -0.3 is 29.0 Å². The number of hydrogen-bond donors (Lipinski definition) is 2. The average molecular weight is 744 g/mol. The van der Waals surface area contributed by atoms with Gasteiger partial charge in [-0.25, -0.2) is 9.78 Å². The predicted molar refractivity (Wildman–Crippen MR) is 182 cm³/mol. The number of halogens is 1. The molecule has 0 aliphatic heterocycles. The van der Waals surface area contributed by atoms with E-state index in [1.165, 1.54) is 6.92 Å². The molecule has 4 rings (SSSR count). The lowest BCUT2D eigenvalue weighted by molar-refractivity contribution is -0.798. The summed E-state index contributed by atoms with van der Waals surface area (Å²) in [5.74, 6) is 0.494. The van der Waals surface area contributed by atoms with Crippen LogP contribution in [0.1, 0.15) is 63.0 Å². The van der Waals surface area contributed by atoms with Crippen molar-refractivity contribution in [3.8, 4) is 22.5 Å². The molecule has 2 heterocycles. The van der Waals surface area contributed by atoms with Crippen LogP contribution in [0.15, 0.2) is 48.5 Å². The summed E-state index contributed by atoms with van der Waals surface area (Å²) in [4.78, 5) is 59.2. The fourth-order valence-electron chi connectivity index (χ4n) is 5.23. The Morgan fingerprint density at radius 2 is 1.73 bits per heavy atom. The van der Waals surface area contributed by atoms with Crippen LogP contribution < -0.4 is 5.32 Å². The Balaban J connectivity index is 1.29. The van der Waals surface area contributed by atoms with Crippen molar-refractivity contribution in [1.82, 2.24) is 35.5 Å². The van der Waals surface area contributed by atoms with Crippen LogP contribution in [0.2, 0.25) is 5.15 Å². The lowest BCUT2D eigenvalue weighted by Gasteiger charge is -2.20. The van der Waals surface area contributed by atoms with Crippen LogP contribution >= 0.6 is 11.6 Å². The van der Waals surface area contributed by atoms with E-state index in [1.54, 1.807) is 0 Å². The van der Waals surface area contributed by atoms with Gasteiger partial charge in [-0.2, -0.15) is 5.21 Å². The molecular formula is C32H38ClN9O10. The van der Waals surface area contributed by atoms with Gasteiger partial charge in [0.1, 0.15) is 31.2 Å². The number of nitrogens with one attached hydrogen (secondary N) is 2. The molecule has 0 aliphatic carbocycles. The number of aryl methyl sites for hydroxylation is 1. The van der Waals surface area contributed by atoms with Gasteiger partial charge in [0.15, 0.2) is 5.15 Å². The number of esters is 1. The van der Waals surface area contributed by atoms with Crippen molar-refractivity contribution in [2.24, 2.45) is 0 Å². The Bertz CT molecular complexity index is 1790. The Labute approximate surface area is 302 Å². The Kier molecular flexibility index (Phi) is 14.6. The third-order valence-corrected chi connectivity index (χ3v) is 8.14. The van der Waals surface area contributed by atoms with Crippen molar-refractivity contribution >= 4 is 23.7 Å². The number of ether oxygens (including phenoxy) is 2. The van der Waals surface area contributed by atoms with Gasteiger partial charge in [-0.1, -0.05) is 73.5 Å². The molecule has 0 bridgehead atoms. The number of nitrogens with zero attached hydrogens (tertiary/aromatic N) is 7. The van der Waals surface area contributed by atoms with Gasteiger partial charge in [-0.15, -0.1) is 30.4 Å². The number of imidazole rings is 1. The van der Waals surface area contributed by atoms with Gasteiger partial charge in [-0.05, 0) is 54.5 Å². The summed E-state index contributed by atoms with van der Waals surface area (Å²) in [6.07, 6.45) is -0.154.